The third-order valence-corrected chi connectivity index (χ3v) is 6.71. The molecule has 0 fully saturated rings. The lowest BCUT2D eigenvalue weighted by Gasteiger charge is -2.20. The quantitative estimate of drug-likeness (QED) is 0.188. The highest BCUT2D eigenvalue weighted by Crippen LogP contribution is 2.27. The number of benzene rings is 1. The second kappa shape index (κ2) is 15.1. The maximum absolute atomic E-state index is 11.3. The molecule has 0 bridgehead atoms. The van der Waals surface area contributed by atoms with Gasteiger partial charge in [0, 0.05) is 18.1 Å². The van der Waals surface area contributed by atoms with E-state index in [0.717, 1.165) is 45.2 Å². The molecule has 4 rings (SSSR count). The van der Waals surface area contributed by atoms with Crippen molar-refractivity contribution >= 4 is 17.6 Å². The Morgan fingerprint density at radius 2 is 1.33 bits per heavy atom. The zero-order chi connectivity index (χ0) is 34.2. The fraction of sp³-hybridized carbons (Fsp3) is 0.429. The molecule has 246 valence electrons. The standard InChI is InChI=1S/C23H24N6.C12H23NO4/c1-14-8-10-25-20(16(14)3)22-27-23(21-17(4)15(2)9-11-26-21)29(28-22)13-18-6-5-7-19(24)12-18;1-11(2,3)16-9(14)7-13-8-10(15)17-12(4,5)6/h5-12H,13,24H2,1-4H3;13H,7-8H2,1-6H3. The summed E-state index contributed by atoms with van der Waals surface area (Å²) < 4.78 is 12.0. The summed E-state index contributed by atoms with van der Waals surface area (Å²) in [4.78, 5) is 36.6. The Labute approximate surface area is 272 Å². The van der Waals surface area contributed by atoms with E-state index in [-0.39, 0.29) is 25.0 Å². The molecule has 0 saturated carbocycles. The first-order valence-corrected chi connectivity index (χ1v) is 15.2. The number of nitrogens with one attached hydrogen (secondary N) is 1. The van der Waals surface area contributed by atoms with Crippen molar-refractivity contribution in [3.05, 3.63) is 76.6 Å². The van der Waals surface area contributed by atoms with Gasteiger partial charge in [-0.2, -0.15) is 0 Å². The number of nitrogen functional groups attached to an aromatic ring is 1. The molecule has 1 aromatic carbocycles. The van der Waals surface area contributed by atoms with Crippen molar-refractivity contribution in [3.8, 4) is 23.0 Å². The van der Waals surface area contributed by atoms with Crippen LogP contribution < -0.4 is 11.1 Å². The van der Waals surface area contributed by atoms with Crippen molar-refractivity contribution in [2.45, 2.75) is 87.0 Å². The van der Waals surface area contributed by atoms with Crippen molar-refractivity contribution < 1.29 is 19.1 Å². The van der Waals surface area contributed by atoms with Crippen LogP contribution in [0.25, 0.3) is 23.0 Å². The molecule has 4 aromatic rings. The first kappa shape index (κ1) is 35.8. The van der Waals surface area contributed by atoms with E-state index in [2.05, 4.69) is 36.1 Å². The summed E-state index contributed by atoms with van der Waals surface area (Å²) in [5.41, 5.74) is 12.9. The largest absolute Gasteiger partial charge is 0.459 e. The number of hydrogen-bond donors (Lipinski definition) is 2. The molecule has 0 aliphatic carbocycles. The number of carbonyl (C=O) groups is 2. The minimum Gasteiger partial charge on any atom is -0.459 e. The Bertz CT molecular complexity index is 1640. The summed E-state index contributed by atoms with van der Waals surface area (Å²) in [5.74, 6) is 0.557. The average molecular weight is 630 g/mol. The Morgan fingerprint density at radius 3 is 1.85 bits per heavy atom. The predicted octanol–water partition coefficient (Wildman–Crippen LogP) is 5.53. The average Bonchev–Trinajstić information content (AvgIpc) is 3.33. The van der Waals surface area contributed by atoms with Crippen molar-refractivity contribution in [3.63, 3.8) is 0 Å². The van der Waals surface area contributed by atoms with Gasteiger partial charge in [-0.25, -0.2) is 9.67 Å². The molecular weight excluding hydrogens is 582 g/mol. The van der Waals surface area contributed by atoms with E-state index in [1.54, 1.807) is 47.7 Å². The van der Waals surface area contributed by atoms with Gasteiger partial charge in [-0.05, 0) is 121 Å². The van der Waals surface area contributed by atoms with E-state index in [9.17, 15) is 9.59 Å². The topological polar surface area (TPSA) is 147 Å². The molecule has 11 heteroatoms. The summed E-state index contributed by atoms with van der Waals surface area (Å²) in [6.45, 7) is 19.5. The second-order valence-electron chi connectivity index (χ2n) is 13.1. The minimum absolute atomic E-state index is 0.00346. The van der Waals surface area contributed by atoms with Gasteiger partial charge in [-0.3, -0.25) is 24.9 Å². The zero-order valence-corrected chi connectivity index (χ0v) is 28.7. The molecule has 0 spiro atoms. The highest BCUT2D eigenvalue weighted by atomic mass is 16.6. The molecule has 0 aliphatic rings. The number of aryl methyl sites for hydroxylation is 2. The fourth-order valence-electron chi connectivity index (χ4n) is 4.33. The second-order valence-corrected chi connectivity index (χ2v) is 13.1. The molecule has 3 heterocycles. The van der Waals surface area contributed by atoms with E-state index in [4.69, 9.17) is 25.3 Å². The van der Waals surface area contributed by atoms with Gasteiger partial charge in [0.1, 0.15) is 22.6 Å². The Morgan fingerprint density at radius 1 is 0.804 bits per heavy atom. The highest BCUT2D eigenvalue weighted by Gasteiger charge is 2.20. The van der Waals surface area contributed by atoms with Crippen LogP contribution in [0.4, 0.5) is 5.69 Å². The number of rotatable bonds is 8. The van der Waals surface area contributed by atoms with Crippen molar-refractivity contribution in [1.29, 1.82) is 0 Å². The number of anilines is 1. The van der Waals surface area contributed by atoms with Gasteiger partial charge in [-0.1, -0.05) is 12.1 Å². The molecule has 46 heavy (non-hydrogen) atoms. The first-order valence-electron chi connectivity index (χ1n) is 15.2. The van der Waals surface area contributed by atoms with Gasteiger partial charge in [0.15, 0.2) is 5.82 Å². The Balaban J connectivity index is 0.000000292. The summed E-state index contributed by atoms with van der Waals surface area (Å²) >= 11 is 0. The number of ether oxygens (including phenoxy) is 2. The van der Waals surface area contributed by atoms with Crippen LogP contribution in [0.3, 0.4) is 0 Å². The highest BCUT2D eigenvalue weighted by molar-refractivity contribution is 5.75. The number of hydrogen-bond acceptors (Lipinski definition) is 10. The third-order valence-electron chi connectivity index (χ3n) is 6.71. The molecular formula is C35H47N7O4. The van der Waals surface area contributed by atoms with E-state index < -0.39 is 11.2 Å². The molecule has 3 N–H and O–H groups in total. The maximum Gasteiger partial charge on any atom is 0.320 e. The van der Waals surface area contributed by atoms with E-state index in [1.807, 2.05) is 54.2 Å². The molecule has 0 saturated heterocycles. The van der Waals surface area contributed by atoms with Crippen molar-refractivity contribution in [2.75, 3.05) is 18.8 Å². The van der Waals surface area contributed by atoms with Crippen LogP contribution in [0.1, 0.15) is 69.4 Å². The number of nitrogens with zero attached hydrogens (tertiary/aromatic N) is 5. The maximum atomic E-state index is 11.3. The number of pyridine rings is 2. The third kappa shape index (κ3) is 10.8. The van der Waals surface area contributed by atoms with Gasteiger partial charge in [-0.15, -0.1) is 5.10 Å². The monoisotopic (exact) mass is 629 g/mol. The number of carbonyl (C=O) groups excluding carboxylic acids is 2. The van der Waals surface area contributed by atoms with Crippen molar-refractivity contribution in [2.24, 2.45) is 0 Å². The van der Waals surface area contributed by atoms with Crippen molar-refractivity contribution in [1.82, 2.24) is 30.0 Å². The van der Waals surface area contributed by atoms with Crippen LogP contribution in [-0.4, -0.2) is 61.0 Å². The number of aromatic nitrogens is 5. The Kier molecular flexibility index (Phi) is 11.8. The summed E-state index contributed by atoms with van der Waals surface area (Å²) in [6.07, 6.45) is 3.61. The lowest BCUT2D eigenvalue weighted by Crippen LogP contribution is -2.36. The number of esters is 2. The van der Waals surface area contributed by atoms with Crippen LogP contribution in [0.15, 0.2) is 48.8 Å². The van der Waals surface area contributed by atoms with Gasteiger partial charge in [0.2, 0.25) is 5.82 Å². The van der Waals surface area contributed by atoms with Crippen LogP contribution in [0, 0.1) is 27.7 Å². The van der Waals surface area contributed by atoms with E-state index in [0.29, 0.717) is 12.4 Å². The summed E-state index contributed by atoms with van der Waals surface area (Å²) in [6, 6.07) is 11.8. The van der Waals surface area contributed by atoms with E-state index in [1.165, 1.54) is 5.56 Å². The summed E-state index contributed by atoms with van der Waals surface area (Å²) in [5, 5.41) is 7.50. The number of nitrogens with two attached hydrogens (primary N) is 1. The van der Waals surface area contributed by atoms with Crippen LogP contribution in [0.5, 0.6) is 0 Å². The fourth-order valence-corrected chi connectivity index (χ4v) is 4.33. The lowest BCUT2D eigenvalue weighted by molar-refractivity contribution is -0.155. The molecule has 11 nitrogen and oxygen atoms in total. The van der Waals surface area contributed by atoms with Gasteiger partial charge >= 0.3 is 11.9 Å². The van der Waals surface area contributed by atoms with Crippen LogP contribution in [-0.2, 0) is 25.6 Å². The molecule has 0 radical (unpaired) electrons. The zero-order valence-electron chi connectivity index (χ0n) is 28.7. The molecule has 0 aliphatic heterocycles. The predicted molar refractivity (Wildman–Crippen MR) is 180 cm³/mol. The molecule has 0 atom stereocenters. The van der Waals surface area contributed by atoms with E-state index >= 15 is 0 Å². The SMILES string of the molecule is CC(C)(C)OC(=O)CNCC(=O)OC(C)(C)C.Cc1ccnc(-c2nc(-c3nccc(C)c3C)n(Cc3cccc(N)c3)n2)c1C. The first-order chi connectivity index (χ1) is 21.4. The smallest absolute Gasteiger partial charge is 0.320 e. The van der Waals surface area contributed by atoms with Crippen LogP contribution in [0.2, 0.25) is 0 Å². The molecule has 0 unspecified atom stereocenters. The summed E-state index contributed by atoms with van der Waals surface area (Å²) in [7, 11) is 0. The lowest BCUT2D eigenvalue weighted by atomic mass is 10.1. The van der Waals surface area contributed by atoms with Crippen LogP contribution >= 0.6 is 0 Å². The molecule has 3 aromatic heterocycles. The normalized spacial score (nSPS) is 11.4. The van der Waals surface area contributed by atoms with Gasteiger partial charge < -0.3 is 15.2 Å². The minimum atomic E-state index is -0.509. The van der Waals surface area contributed by atoms with Gasteiger partial charge in [0.25, 0.3) is 0 Å². The molecule has 0 amide bonds. The van der Waals surface area contributed by atoms with Gasteiger partial charge in [0.05, 0.1) is 19.6 Å². The Hall–Kier alpha value is -4.64.